The Bertz CT molecular complexity index is 559. The molecule has 0 radical (unpaired) electrons. The molecule has 5 nitrogen and oxygen atoms in total. The quantitative estimate of drug-likeness (QED) is 0.437. The van der Waals surface area contributed by atoms with E-state index in [-0.39, 0.29) is 17.4 Å². The van der Waals surface area contributed by atoms with Crippen molar-refractivity contribution in [2.75, 3.05) is 5.32 Å². The van der Waals surface area contributed by atoms with E-state index in [0.29, 0.717) is 5.69 Å². The van der Waals surface area contributed by atoms with E-state index in [1.165, 1.54) is 12.3 Å². The van der Waals surface area contributed by atoms with Crippen molar-refractivity contribution in [1.29, 1.82) is 5.26 Å². The number of nitrogens with zero attached hydrogens (tertiary/aromatic N) is 1. The first-order valence-electron chi connectivity index (χ1n) is 6.45. The third-order valence-electron chi connectivity index (χ3n) is 2.95. The molecule has 0 aliphatic carbocycles. The molecule has 1 unspecified atom stereocenters. The molecular formula is C15H19N3O2. The maximum Gasteiger partial charge on any atom is 0.267 e. The lowest BCUT2D eigenvalue weighted by molar-refractivity contribution is -0.112. The van der Waals surface area contributed by atoms with Crippen LogP contribution in [0.25, 0.3) is 0 Å². The van der Waals surface area contributed by atoms with Crippen LogP contribution in [0.5, 0.6) is 5.75 Å². The van der Waals surface area contributed by atoms with Crippen LogP contribution < -0.4 is 10.6 Å². The van der Waals surface area contributed by atoms with Crippen molar-refractivity contribution < 1.29 is 9.90 Å². The summed E-state index contributed by atoms with van der Waals surface area (Å²) in [6.07, 6.45) is 2.33. The summed E-state index contributed by atoms with van der Waals surface area (Å²) in [5.41, 5.74) is 1.31. The first-order valence-corrected chi connectivity index (χ1v) is 6.45. The molecule has 0 heterocycles. The zero-order valence-electron chi connectivity index (χ0n) is 11.9. The van der Waals surface area contributed by atoms with E-state index in [4.69, 9.17) is 5.26 Å². The van der Waals surface area contributed by atoms with Gasteiger partial charge in [-0.2, -0.15) is 5.26 Å². The third-order valence-corrected chi connectivity index (χ3v) is 2.95. The lowest BCUT2D eigenvalue weighted by atomic mass is 10.1. The van der Waals surface area contributed by atoms with Gasteiger partial charge >= 0.3 is 0 Å². The monoisotopic (exact) mass is 273 g/mol. The molecule has 0 saturated carbocycles. The number of hydrogen-bond acceptors (Lipinski definition) is 4. The topological polar surface area (TPSA) is 85.2 Å². The molecule has 20 heavy (non-hydrogen) atoms. The van der Waals surface area contributed by atoms with E-state index in [9.17, 15) is 9.90 Å². The van der Waals surface area contributed by atoms with Gasteiger partial charge in [0, 0.05) is 17.9 Å². The molecule has 1 atom stereocenters. The van der Waals surface area contributed by atoms with Gasteiger partial charge in [0.1, 0.15) is 17.4 Å². The Morgan fingerprint density at radius 2 is 2.25 bits per heavy atom. The number of nitriles is 1. The van der Waals surface area contributed by atoms with Gasteiger partial charge in [-0.15, -0.1) is 0 Å². The number of anilines is 1. The number of hydrogen-bond donors (Lipinski definition) is 3. The molecule has 0 aliphatic rings. The summed E-state index contributed by atoms with van der Waals surface area (Å²) in [7, 11) is 0. The molecule has 3 N–H and O–H groups in total. The van der Waals surface area contributed by atoms with Gasteiger partial charge in [-0.1, -0.05) is 6.92 Å². The summed E-state index contributed by atoms with van der Waals surface area (Å²) in [5.74, 6) is -0.341. The number of benzene rings is 1. The summed E-state index contributed by atoms with van der Waals surface area (Å²) in [6.45, 7) is 5.74. The number of aromatic hydroxyl groups is 1. The minimum absolute atomic E-state index is 0.0118. The second-order valence-corrected chi connectivity index (χ2v) is 4.60. The lowest BCUT2D eigenvalue weighted by Crippen LogP contribution is -2.22. The fraction of sp³-hybridized carbons (Fsp3) is 0.333. The van der Waals surface area contributed by atoms with Gasteiger partial charge in [-0.3, -0.25) is 4.79 Å². The summed E-state index contributed by atoms with van der Waals surface area (Å²) < 4.78 is 0. The Morgan fingerprint density at radius 1 is 1.55 bits per heavy atom. The van der Waals surface area contributed by atoms with E-state index >= 15 is 0 Å². The van der Waals surface area contributed by atoms with E-state index < -0.39 is 5.91 Å². The fourth-order valence-corrected chi connectivity index (χ4v) is 1.47. The number of carbonyl (C=O) groups excluding carboxylic acids is 1. The van der Waals surface area contributed by atoms with Gasteiger partial charge in [0.15, 0.2) is 0 Å². The Labute approximate surface area is 118 Å². The smallest absolute Gasteiger partial charge is 0.267 e. The van der Waals surface area contributed by atoms with Gasteiger partial charge in [-0.25, -0.2) is 0 Å². The highest BCUT2D eigenvalue weighted by Gasteiger charge is 2.11. The van der Waals surface area contributed by atoms with Gasteiger partial charge in [-0.05, 0) is 44.0 Å². The van der Waals surface area contributed by atoms with Crippen LogP contribution in [0.2, 0.25) is 0 Å². The molecule has 0 aliphatic heterocycles. The molecule has 0 saturated heterocycles. The number of nitrogens with one attached hydrogen (secondary N) is 2. The van der Waals surface area contributed by atoms with E-state index in [1.807, 2.05) is 19.9 Å². The molecule has 5 heteroatoms. The van der Waals surface area contributed by atoms with E-state index in [0.717, 1.165) is 12.0 Å². The van der Waals surface area contributed by atoms with Gasteiger partial charge in [0.05, 0.1) is 0 Å². The molecule has 1 aromatic rings. The molecule has 106 valence electrons. The fourth-order valence-electron chi connectivity index (χ4n) is 1.47. The van der Waals surface area contributed by atoms with Gasteiger partial charge in [0.2, 0.25) is 0 Å². The maximum absolute atomic E-state index is 12.0. The van der Waals surface area contributed by atoms with Crippen molar-refractivity contribution in [3.05, 3.63) is 35.5 Å². The van der Waals surface area contributed by atoms with Crippen LogP contribution in [-0.2, 0) is 4.79 Å². The molecule has 1 aromatic carbocycles. The van der Waals surface area contributed by atoms with Crippen LogP contribution in [0.1, 0.15) is 25.8 Å². The van der Waals surface area contributed by atoms with Gasteiger partial charge < -0.3 is 15.7 Å². The zero-order chi connectivity index (χ0) is 15.1. The Balaban J connectivity index is 2.80. The van der Waals surface area contributed by atoms with Crippen molar-refractivity contribution in [3.8, 4) is 11.8 Å². The van der Waals surface area contributed by atoms with Crippen LogP contribution in [0.4, 0.5) is 5.69 Å². The largest absolute Gasteiger partial charge is 0.508 e. The average Bonchev–Trinajstić information content (AvgIpc) is 2.42. The van der Waals surface area contributed by atoms with Crippen molar-refractivity contribution in [1.82, 2.24) is 5.32 Å². The molecule has 0 fully saturated rings. The number of amides is 1. The number of aryl methyl sites for hydroxylation is 1. The first-order chi connectivity index (χ1) is 9.47. The molecule has 1 amide bonds. The Hall–Kier alpha value is -2.48. The summed E-state index contributed by atoms with van der Waals surface area (Å²) in [6, 6.07) is 6.69. The summed E-state index contributed by atoms with van der Waals surface area (Å²) >= 11 is 0. The van der Waals surface area contributed by atoms with Crippen LogP contribution >= 0.6 is 0 Å². The van der Waals surface area contributed by atoms with Crippen molar-refractivity contribution in [2.45, 2.75) is 33.2 Å². The SMILES string of the molecule is CCC(C)N/C=C(/C#N)C(=O)Nc1ccc(O)cc1C. The number of rotatable bonds is 5. The minimum atomic E-state index is -0.475. The average molecular weight is 273 g/mol. The Morgan fingerprint density at radius 3 is 2.80 bits per heavy atom. The highest BCUT2D eigenvalue weighted by molar-refractivity contribution is 6.06. The number of carbonyl (C=O) groups is 1. The van der Waals surface area contributed by atoms with Crippen LogP contribution in [0.3, 0.4) is 0 Å². The van der Waals surface area contributed by atoms with Gasteiger partial charge in [0.25, 0.3) is 5.91 Å². The Kier molecular flexibility index (Phi) is 5.60. The molecular weight excluding hydrogens is 254 g/mol. The number of phenols is 1. The van der Waals surface area contributed by atoms with Crippen molar-refractivity contribution in [3.63, 3.8) is 0 Å². The second-order valence-electron chi connectivity index (χ2n) is 4.60. The standard InChI is InChI=1S/C15H19N3O2/c1-4-11(3)17-9-12(8-16)15(20)18-14-6-5-13(19)7-10(14)2/h5-7,9,11,17,19H,4H2,1-3H3,(H,18,20)/b12-9-. The molecule has 0 spiro atoms. The molecule has 1 rings (SSSR count). The number of phenolic OH excluding ortho intramolecular Hbond substituents is 1. The predicted octanol–water partition coefficient (Wildman–Crippen LogP) is 2.43. The zero-order valence-corrected chi connectivity index (χ0v) is 11.9. The first kappa shape index (κ1) is 15.6. The van der Waals surface area contributed by atoms with Crippen LogP contribution in [0.15, 0.2) is 30.0 Å². The summed E-state index contributed by atoms with van der Waals surface area (Å²) in [4.78, 5) is 12.0. The van der Waals surface area contributed by atoms with Crippen LogP contribution in [0, 0.1) is 18.3 Å². The lowest BCUT2D eigenvalue weighted by Gasteiger charge is -2.10. The minimum Gasteiger partial charge on any atom is -0.508 e. The highest BCUT2D eigenvalue weighted by Crippen LogP contribution is 2.20. The molecule has 0 bridgehead atoms. The normalized spacial score (nSPS) is 12.4. The summed E-state index contributed by atoms with van der Waals surface area (Å²) in [5, 5.41) is 24.0. The van der Waals surface area contributed by atoms with E-state index in [1.54, 1.807) is 19.1 Å². The van der Waals surface area contributed by atoms with Crippen LogP contribution in [-0.4, -0.2) is 17.1 Å². The second kappa shape index (κ2) is 7.19. The third kappa shape index (κ3) is 4.32. The van der Waals surface area contributed by atoms with Crippen molar-refractivity contribution in [2.24, 2.45) is 0 Å². The van der Waals surface area contributed by atoms with E-state index in [2.05, 4.69) is 10.6 Å². The molecule has 0 aromatic heterocycles. The predicted molar refractivity (Wildman–Crippen MR) is 78.1 cm³/mol. The van der Waals surface area contributed by atoms with Crippen molar-refractivity contribution >= 4 is 11.6 Å². The maximum atomic E-state index is 12.0. The highest BCUT2D eigenvalue weighted by atomic mass is 16.3.